The maximum Gasteiger partial charge on any atom is 0.365 e. The number of aromatic nitrogens is 2. The van der Waals surface area contributed by atoms with E-state index < -0.39 is 56.0 Å². The Kier molecular flexibility index (Phi) is 6.60. The van der Waals surface area contributed by atoms with Crippen molar-refractivity contribution in [3.63, 3.8) is 0 Å². The summed E-state index contributed by atoms with van der Waals surface area (Å²) in [7, 11) is -5.11. The van der Waals surface area contributed by atoms with Gasteiger partial charge in [0.05, 0.1) is 13.2 Å². The van der Waals surface area contributed by atoms with Gasteiger partial charge in [0.25, 0.3) is 11.4 Å². The molecular weight excluding hydrogens is 351 g/mol. The van der Waals surface area contributed by atoms with Gasteiger partial charge in [0.2, 0.25) is 0 Å². The molecule has 0 radical (unpaired) electrons. The first kappa shape index (κ1) is 20.2. The van der Waals surface area contributed by atoms with Crippen molar-refractivity contribution in [3.05, 3.63) is 32.6 Å². The molecule has 0 amide bonds. The second-order valence-corrected chi connectivity index (χ2v) is 6.62. The summed E-state index contributed by atoms with van der Waals surface area (Å²) in [6, 6.07) is 0. The Bertz CT molecular complexity index is 750. The average molecular weight is 368 g/mol. The van der Waals surface area contributed by atoms with Gasteiger partial charge in [-0.15, -0.1) is 0 Å². The van der Waals surface area contributed by atoms with Crippen molar-refractivity contribution >= 4 is 13.6 Å². The molecular formula is C11H17N2O10P. The highest BCUT2D eigenvalue weighted by Crippen LogP contribution is 2.41. The summed E-state index contributed by atoms with van der Waals surface area (Å²) in [5.41, 5.74) is -1.27. The van der Waals surface area contributed by atoms with E-state index in [1.807, 2.05) is 4.98 Å². The van der Waals surface area contributed by atoms with E-state index in [1.54, 1.807) is 0 Å². The molecule has 1 aromatic heterocycles. The van der Waals surface area contributed by atoms with Crippen molar-refractivity contribution in [2.24, 2.45) is 0 Å². The van der Waals surface area contributed by atoms with Crippen LogP contribution in [0, 0.1) is 6.92 Å². The van der Waals surface area contributed by atoms with E-state index in [1.165, 1.54) is 6.92 Å². The van der Waals surface area contributed by atoms with Crippen LogP contribution in [0.5, 0.6) is 0 Å². The van der Waals surface area contributed by atoms with E-state index in [4.69, 9.17) is 14.9 Å². The highest BCUT2D eigenvalue weighted by molar-refractivity contribution is 7.53. The highest BCUT2D eigenvalue weighted by atomic mass is 31.2. The minimum absolute atomic E-state index is 0.181. The summed E-state index contributed by atoms with van der Waals surface area (Å²) in [6.07, 6.45) is -2.22. The number of carboxylic acids is 1. The van der Waals surface area contributed by atoms with E-state index in [-0.39, 0.29) is 5.56 Å². The number of aliphatic carboxylic acids is 1. The summed E-state index contributed by atoms with van der Waals surface area (Å²) in [4.78, 5) is 53.1. The van der Waals surface area contributed by atoms with Crippen LogP contribution in [0.25, 0.3) is 0 Å². The molecule has 0 saturated carbocycles. The number of rotatable bonds is 8. The van der Waals surface area contributed by atoms with Crippen LogP contribution < -0.4 is 11.2 Å². The van der Waals surface area contributed by atoms with Crippen LogP contribution in [-0.4, -0.2) is 65.3 Å². The standard InChI is InChI=1S/C11H17N2O10P/c1-5-2-13(11(19)12-8(5)16)3-6(14)7(15)4-23-10(9(17)18)24(20,21)22/h2,6-7,10,14-15H,3-4H2,1H3,(H,17,18)(H,12,16,19)(H2,20,21,22). The lowest BCUT2D eigenvalue weighted by atomic mass is 10.2. The molecule has 0 aliphatic carbocycles. The van der Waals surface area contributed by atoms with Crippen LogP contribution in [0.4, 0.5) is 0 Å². The number of hydrogen-bond donors (Lipinski definition) is 6. The molecule has 0 fully saturated rings. The Hall–Kier alpha value is -1.82. The summed E-state index contributed by atoms with van der Waals surface area (Å²) in [5, 5.41) is 28.1. The van der Waals surface area contributed by atoms with Crippen molar-refractivity contribution < 1.29 is 39.2 Å². The van der Waals surface area contributed by atoms with E-state index in [0.29, 0.717) is 0 Å². The number of ether oxygens (including phenoxy) is 1. The number of nitrogens with one attached hydrogen (secondary N) is 1. The van der Waals surface area contributed by atoms with Crippen LogP contribution in [0.1, 0.15) is 5.56 Å². The average Bonchev–Trinajstić information content (AvgIpc) is 2.42. The van der Waals surface area contributed by atoms with Crippen molar-refractivity contribution in [2.45, 2.75) is 31.5 Å². The first-order valence-corrected chi connectivity index (χ1v) is 8.17. The molecule has 0 bridgehead atoms. The fourth-order valence-corrected chi connectivity index (χ4v) is 2.26. The number of aliphatic hydroxyl groups excluding tert-OH is 2. The predicted octanol–water partition coefficient (Wildman–Crippen LogP) is -2.83. The molecule has 6 N–H and O–H groups in total. The van der Waals surface area contributed by atoms with Gasteiger partial charge >= 0.3 is 19.3 Å². The van der Waals surface area contributed by atoms with Crippen molar-refractivity contribution in [1.29, 1.82) is 0 Å². The fraction of sp³-hybridized carbons (Fsp3) is 0.545. The van der Waals surface area contributed by atoms with Gasteiger partial charge < -0.3 is 29.8 Å². The first-order valence-electron chi connectivity index (χ1n) is 6.49. The van der Waals surface area contributed by atoms with Crippen molar-refractivity contribution in [1.82, 2.24) is 9.55 Å². The van der Waals surface area contributed by atoms with Gasteiger partial charge in [0.1, 0.15) is 12.2 Å². The number of H-pyrrole nitrogens is 1. The molecule has 0 aliphatic heterocycles. The van der Waals surface area contributed by atoms with E-state index >= 15 is 0 Å². The smallest absolute Gasteiger partial charge is 0.365 e. The molecule has 0 saturated heterocycles. The maximum absolute atomic E-state index is 11.5. The molecule has 12 nitrogen and oxygen atoms in total. The van der Waals surface area contributed by atoms with Gasteiger partial charge in [-0.25, -0.2) is 9.59 Å². The molecule has 0 aliphatic rings. The van der Waals surface area contributed by atoms with Gasteiger partial charge in [-0.3, -0.25) is 18.9 Å². The lowest BCUT2D eigenvalue weighted by Crippen LogP contribution is -2.40. The second kappa shape index (κ2) is 7.83. The Balaban J connectivity index is 2.75. The zero-order valence-corrected chi connectivity index (χ0v) is 13.3. The number of hydrogen-bond acceptors (Lipinski definition) is 7. The Labute approximate surface area is 134 Å². The lowest BCUT2D eigenvalue weighted by molar-refractivity contribution is -0.148. The summed E-state index contributed by atoms with van der Waals surface area (Å²) >= 11 is 0. The minimum Gasteiger partial charge on any atom is -0.479 e. The normalized spacial score (nSPS) is 15.7. The molecule has 136 valence electrons. The molecule has 1 heterocycles. The van der Waals surface area contributed by atoms with Gasteiger partial charge in [-0.1, -0.05) is 0 Å². The van der Waals surface area contributed by atoms with Crippen LogP contribution in [-0.2, 0) is 20.6 Å². The van der Waals surface area contributed by atoms with Crippen LogP contribution >= 0.6 is 7.60 Å². The molecule has 3 atom stereocenters. The molecule has 0 spiro atoms. The third kappa shape index (κ3) is 5.37. The largest absolute Gasteiger partial charge is 0.479 e. The first-order chi connectivity index (χ1) is 10.9. The fourth-order valence-electron chi connectivity index (χ4n) is 1.69. The van der Waals surface area contributed by atoms with Crippen molar-refractivity contribution in [3.8, 4) is 0 Å². The van der Waals surface area contributed by atoms with Crippen molar-refractivity contribution in [2.75, 3.05) is 6.61 Å². The summed E-state index contributed by atoms with van der Waals surface area (Å²) in [5.74, 6) is -4.42. The number of aromatic amines is 1. The zero-order chi connectivity index (χ0) is 18.7. The molecule has 3 unspecified atom stereocenters. The molecule has 13 heteroatoms. The van der Waals surface area contributed by atoms with E-state index in [0.717, 1.165) is 10.8 Å². The number of nitrogens with zero attached hydrogens (tertiary/aromatic N) is 1. The second-order valence-electron chi connectivity index (χ2n) is 4.97. The Morgan fingerprint density at radius 1 is 1.33 bits per heavy atom. The van der Waals surface area contributed by atoms with E-state index in [9.17, 15) is 29.2 Å². The quantitative estimate of drug-likeness (QED) is 0.260. The van der Waals surface area contributed by atoms with Crippen LogP contribution in [0.15, 0.2) is 15.8 Å². The monoisotopic (exact) mass is 368 g/mol. The van der Waals surface area contributed by atoms with Gasteiger partial charge in [-0.05, 0) is 6.92 Å². The van der Waals surface area contributed by atoms with Gasteiger partial charge in [0, 0.05) is 11.8 Å². The van der Waals surface area contributed by atoms with Gasteiger partial charge in [-0.2, -0.15) is 0 Å². The lowest BCUT2D eigenvalue weighted by Gasteiger charge is -2.21. The number of aryl methyl sites for hydroxylation is 1. The highest BCUT2D eigenvalue weighted by Gasteiger charge is 2.37. The number of aliphatic hydroxyl groups is 2. The minimum atomic E-state index is -5.11. The van der Waals surface area contributed by atoms with Gasteiger partial charge in [0.15, 0.2) is 0 Å². The Morgan fingerprint density at radius 3 is 2.42 bits per heavy atom. The molecule has 1 aromatic rings. The number of carbonyl (C=O) groups is 1. The van der Waals surface area contributed by atoms with Crippen LogP contribution in [0.3, 0.4) is 0 Å². The third-order valence-electron chi connectivity index (χ3n) is 2.96. The summed E-state index contributed by atoms with van der Waals surface area (Å²) in [6.45, 7) is 0.0488. The molecule has 24 heavy (non-hydrogen) atoms. The SMILES string of the molecule is Cc1cn(CC(O)C(O)COC(C(=O)O)P(=O)(O)O)c(=O)[nH]c1=O. The summed E-state index contributed by atoms with van der Waals surface area (Å²) < 4.78 is 16.3. The Morgan fingerprint density at radius 2 is 1.92 bits per heavy atom. The molecule has 0 aromatic carbocycles. The maximum atomic E-state index is 11.5. The van der Waals surface area contributed by atoms with E-state index in [2.05, 4.69) is 4.74 Å². The zero-order valence-electron chi connectivity index (χ0n) is 12.4. The topological polar surface area (TPSA) is 199 Å². The molecule has 1 rings (SSSR count). The third-order valence-corrected chi connectivity index (χ3v) is 3.94. The van der Waals surface area contributed by atoms with Crippen LogP contribution in [0.2, 0.25) is 0 Å². The predicted molar refractivity (Wildman–Crippen MR) is 77.5 cm³/mol. The number of carboxylic acid groups (broad SMARTS) is 1.